The fourth-order valence-electron chi connectivity index (χ4n) is 2.27. The molecule has 0 spiro atoms. The van der Waals surface area contributed by atoms with E-state index in [1.54, 1.807) is 16.8 Å². The highest BCUT2D eigenvalue weighted by Gasteiger charge is 2.22. The van der Waals surface area contributed by atoms with Crippen molar-refractivity contribution in [1.29, 1.82) is 0 Å². The Morgan fingerprint density at radius 1 is 1.38 bits per heavy atom. The van der Waals surface area contributed by atoms with Gasteiger partial charge >= 0.3 is 5.97 Å². The lowest BCUT2D eigenvalue weighted by molar-refractivity contribution is -0.141. The molecule has 0 bridgehead atoms. The van der Waals surface area contributed by atoms with Crippen LogP contribution in [0.5, 0.6) is 0 Å². The van der Waals surface area contributed by atoms with Crippen molar-refractivity contribution in [2.75, 3.05) is 0 Å². The summed E-state index contributed by atoms with van der Waals surface area (Å²) in [5.41, 5.74) is 0.908. The average Bonchev–Trinajstić information content (AvgIpc) is 2.86. The van der Waals surface area contributed by atoms with Gasteiger partial charge in [0.2, 0.25) is 0 Å². The third-order valence-corrected chi connectivity index (χ3v) is 3.52. The summed E-state index contributed by atoms with van der Waals surface area (Å²) in [6, 6.07) is 7.44. The molecule has 0 saturated carbocycles. The Labute approximate surface area is 128 Å². The maximum Gasteiger partial charge on any atom is 0.307 e. The van der Waals surface area contributed by atoms with Gasteiger partial charge in [-0.2, -0.15) is 5.10 Å². The van der Waals surface area contributed by atoms with Gasteiger partial charge in [0.25, 0.3) is 0 Å². The molecule has 0 fully saturated rings. The minimum atomic E-state index is -0.840. The zero-order valence-electron chi connectivity index (χ0n) is 12.0. The van der Waals surface area contributed by atoms with Crippen LogP contribution in [0.2, 0.25) is 5.02 Å². The van der Waals surface area contributed by atoms with E-state index in [1.807, 2.05) is 26.0 Å². The van der Waals surface area contributed by atoms with Crippen molar-refractivity contribution in [3.05, 3.63) is 47.0 Å². The predicted molar refractivity (Wildman–Crippen MR) is 80.4 cm³/mol. The Bertz CT molecular complexity index is 625. The number of rotatable bonds is 6. The largest absolute Gasteiger partial charge is 0.481 e. The summed E-state index contributed by atoms with van der Waals surface area (Å²) in [4.78, 5) is 15.7. The molecule has 0 radical (unpaired) electrons. The first-order chi connectivity index (χ1) is 9.97. The molecular formula is C15H18ClN3O2. The number of hydrogen-bond donors (Lipinski definition) is 1. The molecule has 2 aromatic rings. The SMILES string of the molecule is CC(C)n1ncnc1CC(Cc1cccc(Cl)c1)C(=O)O. The summed E-state index contributed by atoms with van der Waals surface area (Å²) in [5, 5.41) is 14.2. The molecule has 1 atom stereocenters. The summed E-state index contributed by atoms with van der Waals surface area (Å²) in [6.45, 7) is 3.98. The van der Waals surface area contributed by atoms with Crippen molar-refractivity contribution in [2.24, 2.45) is 5.92 Å². The highest BCUT2D eigenvalue weighted by atomic mass is 35.5. The summed E-state index contributed by atoms with van der Waals surface area (Å²) < 4.78 is 1.76. The Kier molecular flexibility index (Phi) is 4.96. The van der Waals surface area contributed by atoms with E-state index in [9.17, 15) is 9.90 Å². The number of halogens is 1. The fourth-order valence-corrected chi connectivity index (χ4v) is 2.48. The number of aliphatic carboxylic acids is 1. The summed E-state index contributed by atoms with van der Waals surface area (Å²) in [5.74, 6) is -0.696. The van der Waals surface area contributed by atoms with Crippen molar-refractivity contribution in [3.63, 3.8) is 0 Å². The van der Waals surface area contributed by atoms with E-state index in [1.165, 1.54) is 6.33 Å². The molecule has 6 heteroatoms. The lowest BCUT2D eigenvalue weighted by Gasteiger charge is -2.14. The van der Waals surface area contributed by atoms with Crippen LogP contribution in [0.15, 0.2) is 30.6 Å². The van der Waals surface area contributed by atoms with Crippen LogP contribution in [-0.2, 0) is 17.6 Å². The molecule has 21 heavy (non-hydrogen) atoms. The smallest absolute Gasteiger partial charge is 0.307 e. The molecular weight excluding hydrogens is 290 g/mol. The number of carbonyl (C=O) groups is 1. The van der Waals surface area contributed by atoms with Crippen LogP contribution in [0.4, 0.5) is 0 Å². The minimum absolute atomic E-state index is 0.156. The van der Waals surface area contributed by atoms with Gasteiger partial charge in [-0.05, 0) is 38.0 Å². The number of hydrogen-bond acceptors (Lipinski definition) is 3. The Hall–Kier alpha value is -1.88. The van der Waals surface area contributed by atoms with Gasteiger partial charge in [0, 0.05) is 17.5 Å². The van der Waals surface area contributed by atoms with Crippen molar-refractivity contribution in [1.82, 2.24) is 14.8 Å². The predicted octanol–water partition coefficient (Wildman–Crippen LogP) is 3.00. The number of benzene rings is 1. The zero-order valence-corrected chi connectivity index (χ0v) is 12.8. The van der Waals surface area contributed by atoms with Gasteiger partial charge in [0.1, 0.15) is 12.2 Å². The number of carboxylic acid groups (broad SMARTS) is 1. The topological polar surface area (TPSA) is 68.0 Å². The third kappa shape index (κ3) is 4.04. The molecule has 0 aliphatic heterocycles. The first kappa shape index (κ1) is 15.5. The highest BCUT2D eigenvalue weighted by molar-refractivity contribution is 6.30. The normalized spacial score (nSPS) is 12.6. The summed E-state index contributed by atoms with van der Waals surface area (Å²) in [7, 11) is 0. The van der Waals surface area contributed by atoms with Crippen LogP contribution in [0.25, 0.3) is 0 Å². The van der Waals surface area contributed by atoms with Crippen LogP contribution >= 0.6 is 11.6 Å². The first-order valence-corrected chi connectivity index (χ1v) is 7.20. The number of nitrogens with zero attached hydrogens (tertiary/aromatic N) is 3. The molecule has 0 saturated heterocycles. The molecule has 1 unspecified atom stereocenters. The van der Waals surface area contributed by atoms with E-state index in [4.69, 9.17) is 11.6 Å². The number of aromatic nitrogens is 3. The second-order valence-electron chi connectivity index (χ2n) is 5.29. The van der Waals surface area contributed by atoms with E-state index in [-0.39, 0.29) is 6.04 Å². The van der Waals surface area contributed by atoms with Gasteiger partial charge in [-0.25, -0.2) is 9.67 Å². The van der Waals surface area contributed by atoms with Gasteiger partial charge in [-0.15, -0.1) is 0 Å². The molecule has 5 nitrogen and oxygen atoms in total. The summed E-state index contributed by atoms with van der Waals surface area (Å²) >= 11 is 5.94. The number of carboxylic acids is 1. The van der Waals surface area contributed by atoms with Crippen molar-refractivity contribution in [2.45, 2.75) is 32.7 Å². The summed E-state index contributed by atoms with van der Waals surface area (Å²) in [6.07, 6.45) is 2.23. The van der Waals surface area contributed by atoms with Crippen LogP contribution in [0.3, 0.4) is 0 Å². The van der Waals surface area contributed by atoms with Crippen molar-refractivity contribution < 1.29 is 9.90 Å². The van der Waals surface area contributed by atoms with E-state index in [0.717, 1.165) is 5.56 Å². The molecule has 112 valence electrons. The maximum atomic E-state index is 11.5. The van der Waals surface area contributed by atoms with Crippen molar-refractivity contribution in [3.8, 4) is 0 Å². The quantitative estimate of drug-likeness (QED) is 0.890. The second-order valence-corrected chi connectivity index (χ2v) is 5.72. The minimum Gasteiger partial charge on any atom is -0.481 e. The van der Waals surface area contributed by atoms with Gasteiger partial charge in [-0.3, -0.25) is 4.79 Å². The Morgan fingerprint density at radius 2 is 2.14 bits per heavy atom. The van der Waals surface area contributed by atoms with E-state index >= 15 is 0 Å². The Balaban J connectivity index is 2.16. The standard InChI is InChI=1S/C15H18ClN3O2/c1-10(2)19-14(17-9-18-19)8-12(15(20)21)6-11-4-3-5-13(16)7-11/h3-5,7,9-10,12H,6,8H2,1-2H3,(H,20,21). The lowest BCUT2D eigenvalue weighted by atomic mass is 9.96. The van der Waals surface area contributed by atoms with Crippen molar-refractivity contribution >= 4 is 17.6 Å². The molecule has 0 aliphatic rings. The van der Waals surface area contributed by atoms with E-state index in [2.05, 4.69) is 10.1 Å². The highest BCUT2D eigenvalue weighted by Crippen LogP contribution is 2.18. The van der Waals surface area contributed by atoms with Gasteiger partial charge in [0.05, 0.1) is 5.92 Å². The van der Waals surface area contributed by atoms with E-state index < -0.39 is 11.9 Å². The molecule has 0 aliphatic carbocycles. The van der Waals surface area contributed by atoms with E-state index in [0.29, 0.717) is 23.7 Å². The second kappa shape index (κ2) is 6.72. The van der Waals surface area contributed by atoms with Crippen LogP contribution in [0.1, 0.15) is 31.3 Å². The molecule has 1 heterocycles. The van der Waals surface area contributed by atoms with Gasteiger partial charge < -0.3 is 5.11 Å². The molecule has 0 amide bonds. The monoisotopic (exact) mass is 307 g/mol. The molecule has 1 aromatic carbocycles. The van der Waals surface area contributed by atoms with Crippen LogP contribution in [0, 0.1) is 5.92 Å². The average molecular weight is 308 g/mol. The van der Waals surface area contributed by atoms with Crippen LogP contribution < -0.4 is 0 Å². The molecule has 1 aromatic heterocycles. The third-order valence-electron chi connectivity index (χ3n) is 3.29. The first-order valence-electron chi connectivity index (χ1n) is 6.83. The zero-order chi connectivity index (χ0) is 15.4. The molecule has 2 rings (SSSR count). The van der Waals surface area contributed by atoms with Crippen LogP contribution in [-0.4, -0.2) is 25.8 Å². The lowest BCUT2D eigenvalue weighted by Crippen LogP contribution is -2.22. The maximum absolute atomic E-state index is 11.5. The Morgan fingerprint density at radius 3 is 2.76 bits per heavy atom. The fraction of sp³-hybridized carbons (Fsp3) is 0.400. The molecule has 1 N–H and O–H groups in total. The van der Waals surface area contributed by atoms with Gasteiger partial charge in [0.15, 0.2) is 0 Å². The van der Waals surface area contributed by atoms with Gasteiger partial charge in [-0.1, -0.05) is 23.7 Å².